The molecule has 43 heavy (non-hydrogen) atoms. The number of aromatic nitrogens is 1. The number of ether oxygens (including phenoxy) is 4. The summed E-state index contributed by atoms with van der Waals surface area (Å²) in [6, 6.07) is 11.8. The average molecular weight is 606 g/mol. The van der Waals surface area contributed by atoms with Gasteiger partial charge in [0.05, 0.1) is 36.1 Å². The number of likely N-dealkylation sites (tertiary alicyclic amines) is 1. The molecule has 10 nitrogen and oxygen atoms in total. The minimum absolute atomic E-state index is 0.0489. The molecule has 2 aliphatic rings. The third-order valence-electron chi connectivity index (χ3n) is 7.33. The van der Waals surface area contributed by atoms with Crippen LogP contribution in [-0.4, -0.2) is 61.4 Å². The van der Waals surface area contributed by atoms with Crippen LogP contribution < -0.4 is 29.1 Å². The number of fused-ring (bicyclic) bond motifs is 1. The molecule has 1 fully saturated rings. The number of hydrogen-bond acceptors (Lipinski definition) is 9. The summed E-state index contributed by atoms with van der Waals surface area (Å²) in [5.41, 5.74) is 1.82. The number of rotatable bonds is 10. The molecule has 226 valence electrons. The van der Waals surface area contributed by atoms with Crippen molar-refractivity contribution < 1.29 is 28.5 Å². The molecule has 2 aromatic carbocycles. The third-order valence-corrected chi connectivity index (χ3v) is 8.31. The number of benzene rings is 2. The number of esters is 1. The van der Waals surface area contributed by atoms with E-state index in [2.05, 4.69) is 4.99 Å². The summed E-state index contributed by atoms with van der Waals surface area (Å²) in [4.78, 5) is 46.5. The average Bonchev–Trinajstić information content (AvgIpc) is 3.65. The quantitative estimate of drug-likeness (QED) is 0.327. The summed E-state index contributed by atoms with van der Waals surface area (Å²) in [7, 11) is 1.55. The molecule has 0 spiro atoms. The summed E-state index contributed by atoms with van der Waals surface area (Å²) in [5, 5.41) is 0. The molecule has 1 amide bonds. The predicted octanol–water partition coefficient (Wildman–Crippen LogP) is 3.21. The van der Waals surface area contributed by atoms with Crippen molar-refractivity contribution >= 4 is 29.3 Å². The number of thiazole rings is 1. The van der Waals surface area contributed by atoms with Gasteiger partial charge in [0.15, 0.2) is 22.9 Å². The van der Waals surface area contributed by atoms with Crippen LogP contribution >= 0.6 is 11.3 Å². The Morgan fingerprint density at radius 2 is 1.79 bits per heavy atom. The molecule has 5 rings (SSSR count). The van der Waals surface area contributed by atoms with Crippen molar-refractivity contribution in [3.05, 3.63) is 84.5 Å². The number of amides is 1. The van der Waals surface area contributed by atoms with Crippen LogP contribution in [0.4, 0.5) is 0 Å². The van der Waals surface area contributed by atoms with E-state index in [0.717, 1.165) is 25.9 Å². The van der Waals surface area contributed by atoms with Crippen LogP contribution in [0.5, 0.6) is 17.2 Å². The van der Waals surface area contributed by atoms with E-state index in [1.165, 1.54) is 15.9 Å². The smallest absolute Gasteiger partial charge is 0.338 e. The molecule has 1 saturated heterocycles. The fraction of sp³-hybridized carbons (Fsp3) is 0.375. The highest BCUT2D eigenvalue weighted by Crippen LogP contribution is 2.35. The lowest BCUT2D eigenvalue weighted by Gasteiger charge is -2.25. The van der Waals surface area contributed by atoms with E-state index >= 15 is 0 Å². The Hall–Kier alpha value is -4.38. The SMILES string of the molecule is CCOC(=O)C1=C(C)N=c2s/c(=C/c3ccc(OCC(=O)N4CCCC4)c(OCC)c3)c(=O)n2[C@H]1c1ccccc1OC. The molecule has 0 radical (unpaired) electrons. The van der Waals surface area contributed by atoms with Crippen molar-refractivity contribution in [2.75, 3.05) is 40.0 Å². The van der Waals surface area contributed by atoms with E-state index < -0.39 is 12.0 Å². The van der Waals surface area contributed by atoms with Crippen LogP contribution in [-0.2, 0) is 14.3 Å². The van der Waals surface area contributed by atoms with Crippen LogP contribution in [0.3, 0.4) is 0 Å². The highest BCUT2D eigenvalue weighted by molar-refractivity contribution is 7.07. The second kappa shape index (κ2) is 13.3. The van der Waals surface area contributed by atoms with Crippen LogP contribution in [0, 0.1) is 0 Å². The molecule has 3 heterocycles. The standard InChI is InChI=1S/C32H35N3O7S/c1-5-40-25-17-21(13-14-24(25)42-19-27(36)34-15-9-10-16-34)18-26-30(37)35-29(22-11-7-8-12-23(22)39-4)28(31(38)41-6-2)20(3)33-32(35)43-26/h7-8,11-14,17-18,29H,5-6,9-10,15-16,19H2,1-4H3/b26-18+/t29-/m0/s1. The van der Waals surface area contributed by atoms with Crippen LogP contribution in [0.15, 0.2) is 63.5 Å². The van der Waals surface area contributed by atoms with E-state index in [1.54, 1.807) is 45.2 Å². The molecule has 0 N–H and O–H groups in total. The summed E-state index contributed by atoms with van der Waals surface area (Å²) < 4.78 is 24.6. The Morgan fingerprint density at radius 3 is 2.51 bits per heavy atom. The van der Waals surface area contributed by atoms with Crippen molar-refractivity contribution in [3.8, 4) is 17.2 Å². The van der Waals surface area contributed by atoms with E-state index in [0.29, 0.717) is 50.0 Å². The normalized spacial score (nSPS) is 16.5. The maximum Gasteiger partial charge on any atom is 0.338 e. The monoisotopic (exact) mass is 605 g/mol. The Kier molecular flexibility index (Phi) is 9.30. The van der Waals surface area contributed by atoms with Gasteiger partial charge in [-0.2, -0.15) is 0 Å². The summed E-state index contributed by atoms with van der Waals surface area (Å²) in [6.45, 7) is 7.38. The van der Waals surface area contributed by atoms with Crippen LogP contribution in [0.2, 0.25) is 0 Å². The lowest BCUT2D eigenvalue weighted by Crippen LogP contribution is -2.40. The fourth-order valence-corrected chi connectivity index (χ4v) is 6.38. The van der Waals surface area contributed by atoms with Gasteiger partial charge in [-0.25, -0.2) is 9.79 Å². The highest BCUT2D eigenvalue weighted by atomic mass is 32.1. The Morgan fingerprint density at radius 1 is 1.02 bits per heavy atom. The lowest BCUT2D eigenvalue weighted by molar-refractivity contribution is -0.139. The highest BCUT2D eigenvalue weighted by Gasteiger charge is 2.35. The van der Waals surface area contributed by atoms with Crippen LogP contribution in [0.25, 0.3) is 6.08 Å². The number of nitrogens with zero attached hydrogens (tertiary/aromatic N) is 3. The van der Waals surface area contributed by atoms with Gasteiger partial charge in [-0.1, -0.05) is 35.6 Å². The molecule has 0 bridgehead atoms. The van der Waals surface area contributed by atoms with E-state index in [1.807, 2.05) is 36.1 Å². The second-order valence-corrected chi connectivity index (χ2v) is 11.1. The van der Waals surface area contributed by atoms with E-state index in [4.69, 9.17) is 18.9 Å². The molecule has 3 aromatic rings. The van der Waals surface area contributed by atoms with Crippen LogP contribution in [0.1, 0.15) is 50.8 Å². The largest absolute Gasteiger partial charge is 0.496 e. The molecule has 0 saturated carbocycles. The number of carbonyl (C=O) groups excluding carboxylic acids is 2. The first kappa shape index (κ1) is 30.1. The molecule has 11 heteroatoms. The lowest BCUT2D eigenvalue weighted by atomic mass is 9.95. The van der Waals surface area contributed by atoms with Gasteiger partial charge in [0.25, 0.3) is 11.5 Å². The van der Waals surface area contributed by atoms with Gasteiger partial charge in [-0.3, -0.25) is 14.2 Å². The third kappa shape index (κ3) is 6.22. The van der Waals surface area contributed by atoms with Crippen molar-refractivity contribution in [2.45, 2.75) is 39.7 Å². The van der Waals surface area contributed by atoms with E-state index in [9.17, 15) is 14.4 Å². The van der Waals surface area contributed by atoms with Crippen molar-refractivity contribution in [1.29, 1.82) is 0 Å². The van der Waals surface area contributed by atoms with Gasteiger partial charge in [0, 0.05) is 18.7 Å². The maximum atomic E-state index is 14.0. The van der Waals surface area contributed by atoms with Gasteiger partial charge < -0.3 is 23.8 Å². The molecular formula is C32H35N3O7S. The number of methoxy groups -OCH3 is 1. The zero-order chi connectivity index (χ0) is 30.5. The minimum Gasteiger partial charge on any atom is -0.496 e. The fourth-order valence-electron chi connectivity index (χ4n) is 5.33. The second-order valence-electron chi connectivity index (χ2n) is 10.1. The van der Waals surface area contributed by atoms with Gasteiger partial charge in [0.1, 0.15) is 11.8 Å². The van der Waals surface area contributed by atoms with Crippen molar-refractivity contribution in [3.63, 3.8) is 0 Å². The minimum atomic E-state index is -0.781. The first-order valence-corrected chi connectivity index (χ1v) is 15.2. The zero-order valence-corrected chi connectivity index (χ0v) is 25.6. The molecule has 1 aromatic heterocycles. The Balaban J connectivity index is 1.54. The Bertz CT molecular complexity index is 1730. The summed E-state index contributed by atoms with van der Waals surface area (Å²) in [6.07, 6.45) is 3.78. The molecule has 0 aliphatic carbocycles. The first-order chi connectivity index (χ1) is 20.9. The summed E-state index contributed by atoms with van der Waals surface area (Å²) in [5.74, 6) is 0.893. The zero-order valence-electron chi connectivity index (χ0n) is 24.8. The molecule has 2 aliphatic heterocycles. The Labute approximate surface area is 253 Å². The molecule has 0 unspecified atom stereocenters. The maximum absolute atomic E-state index is 14.0. The number of para-hydroxylation sites is 1. The van der Waals surface area contributed by atoms with Gasteiger partial charge in [0.2, 0.25) is 0 Å². The number of hydrogen-bond donors (Lipinski definition) is 0. The predicted molar refractivity (Wildman–Crippen MR) is 162 cm³/mol. The first-order valence-electron chi connectivity index (χ1n) is 14.4. The topological polar surface area (TPSA) is 109 Å². The number of carbonyl (C=O) groups is 2. The van der Waals surface area contributed by atoms with Crippen molar-refractivity contribution in [1.82, 2.24) is 9.47 Å². The molecule has 1 atom stereocenters. The van der Waals surface area contributed by atoms with Gasteiger partial charge >= 0.3 is 5.97 Å². The van der Waals surface area contributed by atoms with Crippen molar-refractivity contribution in [2.24, 2.45) is 4.99 Å². The number of allylic oxidation sites excluding steroid dienone is 1. The van der Waals surface area contributed by atoms with Gasteiger partial charge in [-0.05, 0) is 63.5 Å². The van der Waals surface area contributed by atoms with E-state index in [-0.39, 0.29) is 30.3 Å². The van der Waals surface area contributed by atoms with Gasteiger partial charge in [-0.15, -0.1) is 0 Å². The molecular weight excluding hydrogens is 570 g/mol. The summed E-state index contributed by atoms with van der Waals surface area (Å²) >= 11 is 1.23.